The first-order chi connectivity index (χ1) is 9.65. The van der Waals surface area contributed by atoms with Crippen LogP contribution >= 0.6 is 11.6 Å². The van der Waals surface area contributed by atoms with E-state index in [4.69, 9.17) is 11.6 Å². The molecule has 0 fully saturated rings. The van der Waals surface area contributed by atoms with Crippen molar-refractivity contribution in [3.05, 3.63) is 41.3 Å². The molecule has 0 spiro atoms. The minimum Gasteiger partial charge on any atom is -0.341 e. The monoisotopic (exact) mass is 292 g/mol. The summed E-state index contributed by atoms with van der Waals surface area (Å²) >= 11 is 5.90. The average Bonchev–Trinajstić information content (AvgIpc) is 2.88. The number of rotatable bonds is 2. The lowest BCUT2D eigenvalue weighted by atomic mass is 10.2. The van der Waals surface area contributed by atoms with Crippen molar-refractivity contribution in [1.29, 1.82) is 0 Å². The molecule has 0 bridgehead atoms. The molecule has 3 aromatic heterocycles. The number of aromatic amines is 1. The summed E-state index contributed by atoms with van der Waals surface area (Å²) in [5.41, 5.74) is 0.540. The minimum absolute atomic E-state index is 0.0668. The highest BCUT2D eigenvalue weighted by atomic mass is 35.5. The highest BCUT2D eigenvalue weighted by molar-refractivity contribution is 6.33. The highest BCUT2D eigenvalue weighted by Gasteiger charge is 2.15. The van der Waals surface area contributed by atoms with Gasteiger partial charge in [-0.05, 0) is 12.1 Å². The number of imidazole rings is 1. The van der Waals surface area contributed by atoms with E-state index >= 15 is 0 Å². The van der Waals surface area contributed by atoms with Crippen LogP contribution in [0.3, 0.4) is 0 Å². The Balaban J connectivity index is 1.93. The SMILES string of the molecule is O=C(Nc1nc(Cl)c2[nH]cnc2n1)c1cccnc1F. The average molecular weight is 293 g/mol. The molecule has 0 aliphatic heterocycles. The predicted molar refractivity (Wildman–Crippen MR) is 68.8 cm³/mol. The first kappa shape index (κ1) is 12.4. The van der Waals surface area contributed by atoms with Crippen LogP contribution in [-0.4, -0.2) is 30.8 Å². The largest absolute Gasteiger partial charge is 0.341 e. The minimum atomic E-state index is -0.878. The molecule has 7 nitrogen and oxygen atoms in total. The molecule has 0 aromatic carbocycles. The molecule has 3 rings (SSSR count). The second-order valence-electron chi connectivity index (χ2n) is 3.74. The molecule has 9 heteroatoms. The summed E-state index contributed by atoms with van der Waals surface area (Å²) in [5, 5.41) is 2.45. The third kappa shape index (κ3) is 2.16. The van der Waals surface area contributed by atoms with E-state index in [9.17, 15) is 9.18 Å². The lowest BCUT2D eigenvalue weighted by Crippen LogP contribution is -2.16. The summed E-state index contributed by atoms with van der Waals surface area (Å²) in [5.74, 6) is -1.67. The van der Waals surface area contributed by atoms with Crippen molar-refractivity contribution >= 4 is 34.6 Å². The van der Waals surface area contributed by atoms with Crippen LogP contribution in [-0.2, 0) is 0 Å². The number of carbonyl (C=O) groups excluding carboxylic acids is 1. The first-order valence-electron chi connectivity index (χ1n) is 5.43. The molecule has 0 aliphatic rings. The number of carbonyl (C=O) groups is 1. The topological polar surface area (TPSA) is 96.5 Å². The van der Waals surface area contributed by atoms with Gasteiger partial charge in [-0.3, -0.25) is 10.1 Å². The number of nitrogens with one attached hydrogen (secondary N) is 2. The second kappa shape index (κ2) is 4.82. The lowest BCUT2D eigenvalue weighted by molar-refractivity contribution is 0.102. The van der Waals surface area contributed by atoms with Gasteiger partial charge in [0.2, 0.25) is 11.9 Å². The van der Waals surface area contributed by atoms with E-state index in [-0.39, 0.29) is 16.7 Å². The summed E-state index contributed by atoms with van der Waals surface area (Å²) in [4.78, 5) is 29.8. The van der Waals surface area contributed by atoms with Crippen LogP contribution in [0.5, 0.6) is 0 Å². The van der Waals surface area contributed by atoms with Gasteiger partial charge in [0.05, 0.1) is 11.9 Å². The van der Waals surface area contributed by atoms with Gasteiger partial charge in [-0.25, -0.2) is 9.97 Å². The van der Waals surface area contributed by atoms with Crippen molar-refractivity contribution in [3.8, 4) is 0 Å². The molecule has 0 aliphatic carbocycles. The van der Waals surface area contributed by atoms with Crippen LogP contribution in [0.4, 0.5) is 10.3 Å². The number of fused-ring (bicyclic) bond motifs is 1. The van der Waals surface area contributed by atoms with Gasteiger partial charge in [0, 0.05) is 6.20 Å². The normalized spacial score (nSPS) is 10.7. The summed E-state index contributed by atoms with van der Waals surface area (Å²) < 4.78 is 13.4. The molecule has 0 saturated carbocycles. The lowest BCUT2D eigenvalue weighted by Gasteiger charge is -2.04. The van der Waals surface area contributed by atoms with Crippen molar-refractivity contribution in [2.45, 2.75) is 0 Å². The van der Waals surface area contributed by atoms with E-state index in [1.807, 2.05) is 0 Å². The van der Waals surface area contributed by atoms with E-state index < -0.39 is 11.9 Å². The van der Waals surface area contributed by atoms with E-state index in [1.54, 1.807) is 0 Å². The summed E-state index contributed by atoms with van der Waals surface area (Å²) in [7, 11) is 0. The van der Waals surface area contributed by atoms with Gasteiger partial charge in [0.15, 0.2) is 10.8 Å². The zero-order valence-corrected chi connectivity index (χ0v) is 10.5. The molecule has 0 atom stereocenters. The van der Waals surface area contributed by atoms with E-state index in [0.29, 0.717) is 11.2 Å². The number of hydrogen-bond acceptors (Lipinski definition) is 5. The number of anilines is 1. The van der Waals surface area contributed by atoms with E-state index in [1.165, 1.54) is 24.7 Å². The third-order valence-corrected chi connectivity index (χ3v) is 2.74. The fraction of sp³-hybridized carbons (Fsp3) is 0. The number of halogens is 2. The standard InChI is InChI=1S/C11H6ClFN6O/c12-7-6-9(16-4-15-6)18-11(17-7)19-10(20)5-2-1-3-14-8(5)13/h1-4H,(H2,15,16,17,18,19,20). The molecule has 0 radical (unpaired) electrons. The molecule has 100 valence electrons. The molecular formula is C11H6ClFN6O. The Morgan fingerprint density at radius 3 is 3.00 bits per heavy atom. The Morgan fingerprint density at radius 2 is 2.20 bits per heavy atom. The number of aromatic nitrogens is 5. The first-order valence-corrected chi connectivity index (χ1v) is 5.81. The van der Waals surface area contributed by atoms with Crippen molar-refractivity contribution in [3.63, 3.8) is 0 Å². The maximum atomic E-state index is 13.4. The Labute approximate surface area is 116 Å². The molecule has 3 heterocycles. The third-order valence-electron chi connectivity index (χ3n) is 2.47. The molecule has 0 saturated heterocycles. The van der Waals surface area contributed by atoms with Gasteiger partial charge in [0.25, 0.3) is 5.91 Å². The van der Waals surface area contributed by atoms with Gasteiger partial charge in [-0.1, -0.05) is 11.6 Å². The Kier molecular flexibility index (Phi) is 2.99. The molecule has 0 unspecified atom stereocenters. The van der Waals surface area contributed by atoms with Gasteiger partial charge >= 0.3 is 0 Å². The summed E-state index contributed by atoms with van der Waals surface area (Å²) in [6.07, 6.45) is 2.65. The number of pyridine rings is 1. The quantitative estimate of drug-likeness (QED) is 0.554. The van der Waals surface area contributed by atoms with Crippen LogP contribution in [0.1, 0.15) is 10.4 Å². The number of nitrogens with zero attached hydrogens (tertiary/aromatic N) is 4. The van der Waals surface area contributed by atoms with Crippen molar-refractivity contribution < 1.29 is 9.18 Å². The molecule has 1 amide bonds. The molecule has 2 N–H and O–H groups in total. The van der Waals surface area contributed by atoms with Crippen molar-refractivity contribution in [1.82, 2.24) is 24.9 Å². The fourth-order valence-corrected chi connectivity index (χ4v) is 1.80. The molecular weight excluding hydrogens is 287 g/mol. The van der Waals surface area contributed by atoms with Crippen LogP contribution in [0.15, 0.2) is 24.7 Å². The maximum Gasteiger partial charge on any atom is 0.262 e. The molecule has 3 aromatic rings. The summed E-state index contributed by atoms with van der Waals surface area (Å²) in [6, 6.07) is 2.75. The zero-order valence-electron chi connectivity index (χ0n) is 9.76. The Bertz CT molecular complexity index is 804. The van der Waals surface area contributed by atoms with Crippen molar-refractivity contribution in [2.75, 3.05) is 5.32 Å². The number of H-pyrrole nitrogens is 1. The predicted octanol–water partition coefficient (Wildman–Crippen LogP) is 1.79. The van der Waals surface area contributed by atoms with E-state index in [0.717, 1.165) is 0 Å². The fourth-order valence-electron chi connectivity index (χ4n) is 1.58. The number of amides is 1. The Hall–Kier alpha value is -2.61. The maximum absolute atomic E-state index is 13.4. The molecule has 20 heavy (non-hydrogen) atoms. The van der Waals surface area contributed by atoms with E-state index in [2.05, 4.69) is 30.2 Å². The Morgan fingerprint density at radius 1 is 1.35 bits per heavy atom. The van der Waals surface area contributed by atoms with Crippen LogP contribution < -0.4 is 5.32 Å². The van der Waals surface area contributed by atoms with Gasteiger partial charge in [-0.2, -0.15) is 14.4 Å². The number of hydrogen-bond donors (Lipinski definition) is 2. The van der Waals surface area contributed by atoms with Crippen LogP contribution in [0.2, 0.25) is 5.15 Å². The van der Waals surface area contributed by atoms with Crippen LogP contribution in [0.25, 0.3) is 11.2 Å². The van der Waals surface area contributed by atoms with Crippen molar-refractivity contribution in [2.24, 2.45) is 0 Å². The second-order valence-corrected chi connectivity index (χ2v) is 4.09. The summed E-state index contributed by atoms with van der Waals surface area (Å²) in [6.45, 7) is 0. The van der Waals surface area contributed by atoms with Gasteiger partial charge in [0.1, 0.15) is 5.52 Å². The smallest absolute Gasteiger partial charge is 0.262 e. The zero-order chi connectivity index (χ0) is 14.1. The van der Waals surface area contributed by atoms with Gasteiger partial charge in [-0.15, -0.1) is 0 Å². The highest BCUT2D eigenvalue weighted by Crippen LogP contribution is 2.18. The van der Waals surface area contributed by atoms with Gasteiger partial charge < -0.3 is 4.98 Å². The van der Waals surface area contributed by atoms with Crippen LogP contribution in [0, 0.1) is 5.95 Å².